The molecule has 6 heteroatoms. The van der Waals surface area contributed by atoms with Gasteiger partial charge in [0.05, 0.1) is 5.69 Å². The number of aromatic nitrogens is 1. The number of amides is 1. The van der Waals surface area contributed by atoms with Gasteiger partial charge in [0.2, 0.25) is 0 Å². The molecule has 1 unspecified atom stereocenters. The molecule has 0 radical (unpaired) electrons. The lowest BCUT2D eigenvalue weighted by Crippen LogP contribution is -2.30. The van der Waals surface area contributed by atoms with Crippen LogP contribution >= 0.6 is 22.9 Å². The maximum Gasteiger partial charge on any atom is 0.266 e. The largest absolute Gasteiger partial charge is 0.481 e. The molecule has 1 N–H and O–H groups in total. The molecule has 0 saturated carbocycles. The lowest BCUT2D eigenvalue weighted by molar-refractivity contribution is -0.122. The van der Waals surface area contributed by atoms with Crippen molar-refractivity contribution in [1.82, 2.24) is 4.98 Å². The number of nitrogens with one attached hydrogen (secondary N) is 1. The number of anilines is 1. The lowest BCUT2D eigenvalue weighted by atomic mass is 10.0. The van der Waals surface area contributed by atoms with E-state index in [1.54, 1.807) is 31.2 Å². The van der Waals surface area contributed by atoms with E-state index in [-0.39, 0.29) is 5.91 Å². The second-order valence-electron chi connectivity index (χ2n) is 6.27. The molecule has 4 aromatic rings. The van der Waals surface area contributed by atoms with Crippen LogP contribution in [0.3, 0.4) is 0 Å². The van der Waals surface area contributed by atoms with Gasteiger partial charge in [0.25, 0.3) is 5.91 Å². The predicted molar refractivity (Wildman–Crippen MR) is 115 cm³/mol. The molecular weight excluding hydrogens is 392 g/mol. The van der Waals surface area contributed by atoms with Crippen LogP contribution < -0.4 is 10.1 Å². The lowest BCUT2D eigenvalue weighted by Gasteiger charge is -2.13. The number of ether oxygens (including phenoxy) is 1. The molecule has 1 heterocycles. The summed E-state index contributed by atoms with van der Waals surface area (Å²) < 4.78 is 5.66. The molecular formula is C22H17ClN2O2S. The summed E-state index contributed by atoms with van der Waals surface area (Å²) in [6.45, 7) is 1.69. The molecule has 0 bridgehead atoms. The SMILES string of the molecule is CC(Oc1cccc(Cl)c1)C(=O)Nc1nc(-c2cccc3ccccc23)cs1. The molecule has 1 amide bonds. The summed E-state index contributed by atoms with van der Waals surface area (Å²) in [6.07, 6.45) is -0.677. The Morgan fingerprint density at radius 1 is 1.11 bits per heavy atom. The quantitative estimate of drug-likeness (QED) is 0.439. The summed E-state index contributed by atoms with van der Waals surface area (Å²) in [5.74, 6) is 0.282. The zero-order valence-corrected chi connectivity index (χ0v) is 16.6. The van der Waals surface area contributed by atoms with E-state index in [4.69, 9.17) is 16.3 Å². The highest BCUT2D eigenvalue weighted by molar-refractivity contribution is 7.14. The van der Waals surface area contributed by atoms with Crippen LogP contribution in [0.5, 0.6) is 5.75 Å². The number of rotatable bonds is 5. The van der Waals surface area contributed by atoms with E-state index in [0.29, 0.717) is 15.9 Å². The Hall–Kier alpha value is -2.89. The van der Waals surface area contributed by atoms with Crippen molar-refractivity contribution in [3.63, 3.8) is 0 Å². The summed E-state index contributed by atoms with van der Waals surface area (Å²) in [4.78, 5) is 17.0. The first-order valence-corrected chi connectivity index (χ1v) is 10.0. The van der Waals surface area contributed by atoms with Crippen LogP contribution in [-0.2, 0) is 4.79 Å². The number of halogens is 1. The highest BCUT2D eigenvalue weighted by Gasteiger charge is 2.17. The maximum absolute atomic E-state index is 12.5. The van der Waals surface area contributed by atoms with Gasteiger partial charge in [-0.2, -0.15) is 0 Å². The van der Waals surface area contributed by atoms with Crippen molar-refractivity contribution in [1.29, 1.82) is 0 Å². The standard InChI is InChI=1S/C22H17ClN2O2S/c1-14(27-17-9-5-8-16(23)12-17)21(26)25-22-24-20(13-28-22)19-11-4-7-15-6-2-3-10-18(15)19/h2-14H,1H3,(H,24,25,26). The average molecular weight is 409 g/mol. The fourth-order valence-electron chi connectivity index (χ4n) is 2.91. The third-order valence-electron chi connectivity index (χ3n) is 4.28. The molecule has 28 heavy (non-hydrogen) atoms. The zero-order valence-electron chi connectivity index (χ0n) is 15.1. The molecule has 3 aromatic carbocycles. The minimum absolute atomic E-state index is 0.265. The van der Waals surface area contributed by atoms with Crippen LogP contribution in [0.15, 0.2) is 72.1 Å². The van der Waals surface area contributed by atoms with Gasteiger partial charge in [-0.25, -0.2) is 4.98 Å². The summed E-state index contributed by atoms with van der Waals surface area (Å²) in [7, 11) is 0. The smallest absolute Gasteiger partial charge is 0.266 e. The maximum atomic E-state index is 12.5. The van der Waals surface area contributed by atoms with Crippen LogP contribution in [0.2, 0.25) is 5.02 Å². The number of carbonyl (C=O) groups excluding carboxylic acids is 1. The Morgan fingerprint density at radius 3 is 2.75 bits per heavy atom. The molecule has 1 atom stereocenters. The summed E-state index contributed by atoms with van der Waals surface area (Å²) in [6, 6.07) is 21.3. The molecule has 4 nitrogen and oxygen atoms in total. The fourth-order valence-corrected chi connectivity index (χ4v) is 3.80. The first kappa shape index (κ1) is 18.5. The van der Waals surface area contributed by atoms with Crippen molar-refractivity contribution >= 4 is 44.7 Å². The van der Waals surface area contributed by atoms with Gasteiger partial charge in [-0.15, -0.1) is 11.3 Å². The fraction of sp³-hybridized carbons (Fsp3) is 0.0909. The first-order valence-electron chi connectivity index (χ1n) is 8.77. The minimum Gasteiger partial charge on any atom is -0.481 e. The summed E-state index contributed by atoms with van der Waals surface area (Å²) in [5, 5.41) is 8.15. The minimum atomic E-state index is -0.677. The molecule has 140 valence electrons. The number of fused-ring (bicyclic) bond motifs is 1. The molecule has 1 aromatic heterocycles. The van der Waals surface area contributed by atoms with Gasteiger partial charge < -0.3 is 4.74 Å². The van der Waals surface area contributed by atoms with Crippen LogP contribution in [0, 0.1) is 0 Å². The van der Waals surface area contributed by atoms with E-state index in [9.17, 15) is 4.79 Å². The van der Waals surface area contributed by atoms with Gasteiger partial charge in [-0.1, -0.05) is 60.1 Å². The van der Waals surface area contributed by atoms with Crippen molar-refractivity contribution < 1.29 is 9.53 Å². The van der Waals surface area contributed by atoms with E-state index in [1.807, 2.05) is 29.6 Å². The Labute approximate surface area is 171 Å². The first-order chi connectivity index (χ1) is 13.6. The normalized spacial score (nSPS) is 11.9. The van der Waals surface area contributed by atoms with E-state index in [1.165, 1.54) is 11.3 Å². The van der Waals surface area contributed by atoms with Gasteiger partial charge in [-0.05, 0) is 35.9 Å². The zero-order chi connectivity index (χ0) is 19.5. The van der Waals surface area contributed by atoms with Crippen LogP contribution in [0.4, 0.5) is 5.13 Å². The molecule has 4 rings (SSSR count). The van der Waals surface area contributed by atoms with Crippen LogP contribution in [-0.4, -0.2) is 17.0 Å². The van der Waals surface area contributed by atoms with Crippen molar-refractivity contribution in [2.24, 2.45) is 0 Å². The van der Waals surface area contributed by atoms with E-state index < -0.39 is 6.10 Å². The Kier molecular flexibility index (Phi) is 5.28. The summed E-state index contributed by atoms with van der Waals surface area (Å²) >= 11 is 7.34. The average Bonchev–Trinajstić information content (AvgIpc) is 3.15. The van der Waals surface area contributed by atoms with Gasteiger partial charge in [0.1, 0.15) is 5.75 Å². The number of benzene rings is 3. The van der Waals surface area contributed by atoms with Gasteiger partial charge >= 0.3 is 0 Å². The Balaban J connectivity index is 1.49. The van der Waals surface area contributed by atoms with Crippen molar-refractivity contribution in [2.45, 2.75) is 13.0 Å². The number of nitrogens with zero attached hydrogens (tertiary/aromatic N) is 1. The number of hydrogen-bond donors (Lipinski definition) is 1. The highest BCUT2D eigenvalue weighted by atomic mass is 35.5. The second-order valence-corrected chi connectivity index (χ2v) is 7.57. The molecule has 0 saturated heterocycles. The van der Waals surface area contributed by atoms with Gasteiger partial charge in [0, 0.05) is 16.0 Å². The second kappa shape index (κ2) is 8.00. The number of carbonyl (C=O) groups is 1. The van der Waals surface area contributed by atoms with Gasteiger partial charge in [0.15, 0.2) is 11.2 Å². The molecule has 0 aliphatic rings. The van der Waals surface area contributed by atoms with E-state index in [0.717, 1.165) is 22.0 Å². The molecule has 0 aliphatic carbocycles. The molecule has 0 spiro atoms. The van der Waals surface area contributed by atoms with Crippen LogP contribution in [0.25, 0.3) is 22.0 Å². The van der Waals surface area contributed by atoms with Crippen molar-refractivity contribution in [3.8, 4) is 17.0 Å². The monoisotopic (exact) mass is 408 g/mol. The topological polar surface area (TPSA) is 51.2 Å². The number of hydrogen-bond acceptors (Lipinski definition) is 4. The van der Waals surface area contributed by atoms with E-state index in [2.05, 4.69) is 28.5 Å². The Morgan fingerprint density at radius 2 is 1.89 bits per heavy atom. The number of thiazole rings is 1. The summed E-state index contributed by atoms with van der Waals surface area (Å²) in [5.41, 5.74) is 1.87. The van der Waals surface area contributed by atoms with Crippen molar-refractivity contribution in [2.75, 3.05) is 5.32 Å². The van der Waals surface area contributed by atoms with Crippen LogP contribution in [0.1, 0.15) is 6.92 Å². The molecule has 0 aliphatic heterocycles. The molecule has 0 fully saturated rings. The van der Waals surface area contributed by atoms with Crippen molar-refractivity contribution in [3.05, 3.63) is 77.1 Å². The predicted octanol–water partition coefficient (Wildman–Crippen LogP) is 6.02. The third-order valence-corrected chi connectivity index (χ3v) is 5.27. The highest BCUT2D eigenvalue weighted by Crippen LogP contribution is 2.31. The third kappa shape index (κ3) is 4.01. The van der Waals surface area contributed by atoms with E-state index >= 15 is 0 Å². The Bertz CT molecular complexity index is 1140. The van der Waals surface area contributed by atoms with Gasteiger partial charge in [-0.3, -0.25) is 10.1 Å².